The van der Waals surface area contributed by atoms with E-state index in [0.717, 1.165) is 24.1 Å². The molecule has 1 saturated carbocycles. The molecule has 0 unspecified atom stereocenters. The quantitative estimate of drug-likeness (QED) is 0.524. The van der Waals surface area contributed by atoms with Crippen molar-refractivity contribution in [3.63, 3.8) is 0 Å². The summed E-state index contributed by atoms with van der Waals surface area (Å²) in [7, 11) is 3.12. The number of aryl methyl sites for hydroxylation is 1. The van der Waals surface area contributed by atoms with E-state index in [1.165, 1.54) is 6.20 Å². The van der Waals surface area contributed by atoms with E-state index in [1.807, 2.05) is 25.1 Å². The highest BCUT2D eigenvalue weighted by atomic mass is 16.5. The third-order valence-corrected chi connectivity index (χ3v) is 5.12. The normalized spacial score (nSPS) is 12.7. The molecule has 3 N–H and O–H groups in total. The zero-order valence-electron chi connectivity index (χ0n) is 18.1. The number of carbonyl (C=O) groups is 2. The van der Waals surface area contributed by atoms with Crippen LogP contribution in [0.1, 0.15) is 28.9 Å². The van der Waals surface area contributed by atoms with E-state index in [1.54, 1.807) is 32.6 Å². The third-order valence-electron chi connectivity index (χ3n) is 5.12. The largest absolute Gasteiger partial charge is 0.494 e. The Morgan fingerprint density at radius 3 is 2.53 bits per heavy atom. The summed E-state index contributed by atoms with van der Waals surface area (Å²) in [6, 6.07) is 7.22. The van der Waals surface area contributed by atoms with Crippen LogP contribution in [0.4, 0.5) is 17.2 Å². The monoisotopic (exact) mass is 432 g/mol. The van der Waals surface area contributed by atoms with E-state index in [2.05, 4.69) is 30.9 Å². The van der Waals surface area contributed by atoms with Crippen LogP contribution in [-0.2, 0) is 4.79 Å². The Morgan fingerprint density at radius 1 is 1.06 bits per heavy atom. The van der Waals surface area contributed by atoms with Crippen LogP contribution in [0.5, 0.6) is 5.75 Å². The number of aromatic nitrogens is 3. The predicted molar refractivity (Wildman–Crippen MR) is 121 cm³/mol. The molecule has 0 atom stereocenters. The van der Waals surface area contributed by atoms with Gasteiger partial charge in [0, 0.05) is 37.0 Å². The number of anilines is 3. The van der Waals surface area contributed by atoms with Crippen molar-refractivity contribution in [3.05, 3.63) is 54.1 Å². The molecule has 0 saturated heterocycles. The lowest BCUT2D eigenvalue weighted by atomic mass is 10.1. The molecule has 3 aromatic rings. The van der Waals surface area contributed by atoms with E-state index in [4.69, 9.17) is 4.74 Å². The molecule has 1 aliphatic rings. The standard InChI is InChI=1S/C23H24N6O3/c1-13-10-26-19(12-25-13)15-5-4-6-17(21(15)32-3)28-18-9-20(29-22(30)14-7-8-14)27-11-16(18)23(31)24-2/h4-6,9-12,14H,7-8H2,1-3H3,(H,24,31)(H2,27,28,29,30). The van der Waals surface area contributed by atoms with Crippen molar-refractivity contribution in [3.8, 4) is 17.0 Å². The molecule has 2 amide bonds. The number of pyridine rings is 1. The highest BCUT2D eigenvalue weighted by Crippen LogP contribution is 2.38. The van der Waals surface area contributed by atoms with Gasteiger partial charge in [0.15, 0.2) is 5.75 Å². The molecule has 2 heterocycles. The number of benzene rings is 1. The number of ether oxygens (including phenoxy) is 1. The van der Waals surface area contributed by atoms with Crippen LogP contribution < -0.4 is 20.7 Å². The van der Waals surface area contributed by atoms with E-state index >= 15 is 0 Å². The molecule has 32 heavy (non-hydrogen) atoms. The van der Waals surface area contributed by atoms with Gasteiger partial charge < -0.3 is 20.7 Å². The Kier molecular flexibility index (Phi) is 5.98. The van der Waals surface area contributed by atoms with Crippen LogP contribution in [0.25, 0.3) is 11.3 Å². The molecular formula is C23H24N6O3. The molecule has 0 bridgehead atoms. The highest BCUT2D eigenvalue weighted by Gasteiger charge is 2.30. The van der Waals surface area contributed by atoms with Gasteiger partial charge in [0.25, 0.3) is 5.91 Å². The summed E-state index contributed by atoms with van der Waals surface area (Å²) in [6.07, 6.45) is 6.59. The van der Waals surface area contributed by atoms with Crippen molar-refractivity contribution in [1.82, 2.24) is 20.3 Å². The van der Waals surface area contributed by atoms with Crippen LogP contribution in [0.15, 0.2) is 42.9 Å². The average Bonchev–Trinajstić information content (AvgIpc) is 3.65. The number of rotatable bonds is 7. The van der Waals surface area contributed by atoms with E-state index in [9.17, 15) is 9.59 Å². The molecule has 0 aliphatic heterocycles. The van der Waals surface area contributed by atoms with E-state index in [0.29, 0.717) is 34.2 Å². The molecule has 2 aromatic heterocycles. The lowest BCUT2D eigenvalue weighted by Gasteiger charge is -2.17. The number of methoxy groups -OCH3 is 1. The predicted octanol–water partition coefficient (Wildman–Crippen LogP) is 3.31. The molecule has 9 nitrogen and oxygen atoms in total. The molecular weight excluding hydrogens is 408 g/mol. The number of amides is 2. The Bertz CT molecular complexity index is 1160. The van der Waals surface area contributed by atoms with E-state index in [-0.39, 0.29) is 17.7 Å². The van der Waals surface area contributed by atoms with Gasteiger partial charge in [-0.1, -0.05) is 6.07 Å². The molecule has 1 aliphatic carbocycles. The number of hydrogen-bond donors (Lipinski definition) is 3. The first kappa shape index (κ1) is 21.2. The highest BCUT2D eigenvalue weighted by molar-refractivity contribution is 6.01. The summed E-state index contributed by atoms with van der Waals surface area (Å²) >= 11 is 0. The van der Waals surface area contributed by atoms with Gasteiger partial charge in [0.1, 0.15) is 5.82 Å². The number of para-hydroxylation sites is 1. The number of nitrogens with one attached hydrogen (secondary N) is 3. The minimum absolute atomic E-state index is 0.0409. The Morgan fingerprint density at radius 2 is 1.88 bits per heavy atom. The molecule has 0 spiro atoms. The van der Waals surface area contributed by atoms with Gasteiger partial charge >= 0.3 is 0 Å². The van der Waals surface area contributed by atoms with Gasteiger partial charge in [-0.05, 0) is 31.9 Å². The lowest BCUT2D eigenvalue weighted by molar-refractivity contribution is -0.117. The maximum absolute atomic E-state index is 12.4. The van der Waals surface area contributed by atoms with Crippen LogP contribution in [-0.4, -0.2) is 40.9 Å². The Balaban J connectivity index is 1.71. The minimum Gasteiger partial charge on any atom is -0.494 e. The van der Waals surface area contributed by atoms with Gasteiger partial charge in [-0.3, -0.25) is 19.6 Å². The van der Waals surface area contributed by atoms with Gasteiger partial charge in [-0.25, -0.2) is 4.98 Å². The first-order chi connectivity index (χ1) is 15.5. The maximum Gasteiger partial charge on any atom is 0.254 e. The first-order valence-electron chi connectivity index (χ1n) is 10.3. The summed E-state index contributed by atoms with van der Waals surface area (Å²) in [5, 5.41) is 8.69. The summed E-state index contributed by atoms with van der Waals surface area (Å²) in [4.78, 5) is 37.6. The summed E-state index contributed by atoms with van der Waals surface area (Å²) in [6.45, 7) is 1.87. The molecule has 164 valence electrons. The fraction of sp³-hybridized carbons (Fsp3) is 0.261. The lowest BCUT2D eigenvalue weighted by Crippen LogP contribution is -2.20. The van der Waals surface area contributed by atoms with Crippen LogP contribution in [0.2, 0.25) is 0 Å². The van der Waals surface area contributed by atoms with Gasteiger partial charge in [-0.15, -0.1) is 0 Å². The topological polar surface area (TPSA) is 118 Å². The van der Waals surface area contributed by atoms with Crippen molar-refractivity contribution >= 4 is 29.0 Å². The SMILES string of the molecule is CNC(=O)c1cnc(NC(=O)C2CC2)cc1Nc1cccc(-c2cnc(C)cn2)c1OC. The van der Waals surface area contributed by atoms with Crippen LogP contribution >= 0.6 is 0 Å². The fourth-order valence-corrected chi connectivity index (χ4v) is 3.25. The molecule has 0 radical (unpaired) electrons. The van der Waals surface area contributed by atoms with Crippen molar-refractivity contribution < 1.29 is 14.3 Å². The van der Waals surface area contributed by atoms with Gasteiger partial charge in [0.2, 0.25) is 5.91 Å². The number of nitrogens with zero attached hydrogens (tertiary/aromatic N) is 3. The summed E-state index contributed by atoms with van der Waals surface area (Å²) in [5.41, 5.74) is 3.67. The molecule has 9 heteroatoms. The van der Waals surface area contributed by atoms with Crippen molar-refractivity contribution in [2.75, 3.05) is 24.8 Å². The Labute approximate surface area is 185 Å². The van der Waals surface area contributed by atoms with Gasteiger partial charge in [-0.2, -0.15) is 0 Å². The second kappa shape index (κ2) is 9.01. The van der Waals surface area contributed by atoms with Crippen molar-refractivity contribution in [1.29, 1.82) is 0 Å². The van der Waals surface area contributed by atoms with Crippen molar-refractivity contribution in [2.24, 2.45) is 5.92 Å². The van der Waals surface area contributed by atoms with Crippen LogP contribution in [0, 0.1) is 12.8 Å². The third kappa shape index (κ3) is 4.51. The second-order valence-electron chi connectivity index (χ2n) is 7.51. The van der Waals surface area contributed by atoms with E-state index < -0.39 is 0 Å². The number of hydrogen-bond acceptors (Lipinski definition) is 7. The second-order valence-corrected chi connectivity index (χ2v) is 7.51. The molecule has 1 aromatic carbocycles. The zero-order chi connectivity index (χ0) is 22.7. The molecule has 4 rings (SSSR count). The first-order valence-corrected chi connectivity index (χ1v) is 10.3. The number of carbonyl (C=O) groups excluding carboxylic acids is 2. The smallest absolute Gasteiger partial charge is 0.254 e. The minimum atomic E-state index is -0.306. The maximum atomic E-state index is 12.4. The Hall–Kier alpha value is -4.01. The zero-order valence-corrected chi connectivity index (χ0v) is 18.1. The van der Waals surface area contributed by atoms with Gasteiger partial charge in [0.05, 0.1) is 41.6 Å². The summed E-state index contributed by atoms with van der Waals surface area (Å²) < 4.78 is 5.68. The van der Waals surface area contributed by atoms with Crippen molar-refractivity contribution in [2.45, 2.75) is 19.8 Å². The summed E-state index contributed by atoms with van der Waals surface area (Å²) in [5.74, 6) is 0.595. The fourth-order valence-electron chi connectivity index (χ4n) is 3.25. The van der Waals surface area contributed by atoms with Crippen LogP contribution in [0.3, 0.4) is 0 Å². The average molecular weight is 432 g/mol. The molecule has 1 fully saturated rings.